The van der Waals surface area contributed by atoms with Gasteiger partial charge in [0.25, 0.3) is 0 Å². The van der Waals surface area contributed by atoms with Crippen molar-refractivity contribution >= 4 is 23.2 Å². The van der Waals surface area contributed by atoms with Gasteiger partial charge in [-0.15, -0.1) is 11.3 Å². The highest BCUT2D eigenvalue weighted by Gasteiger charge is 2.31. The minimum absolute atomic E-state index is 0.0408. The van der Waals surface area contributed by atoms with E-state index in [0.29, 0.717) is 6.42 Å². The minimum Gasteiger partial charge on any atom is -0.453 e. The van der Waals surface area contributed by atoms with Gasteiger partial charge in [-0.2, -0.15) is 0 Å². The van der Waals surface area contributed by atoms with E-state index in [-0.39, 0.29) is 5.78 Å². The van der Waals surface area contributed by atoms with Gasteiger partial charge in [0.15, 0.2) is 5.78 Å². The first-order valence-corrected chi connectivity index (χ1v) is 6.54. The molecule has 18 heavy (non-hydrogen) atoms. The summed E-state index contributed by atoms with van der Waals surface area (Å²) in [6.07, 6.45) is -0.220. The lowest BCUT2D eigenvalue weighted by Crippen LogP contribution is -2.47. The van der Waals surface area contributed by atoms with Crippen LogP contribution in [0, 0.1) is 5.41 Å². The van der Waals surface area contributed by atoms with Gasteiger partial charge < -0.3 is 10.1 Å². The summed E-state index contributed by atoms with van der Waals surface area (Å²) in [6.45, 7) is 5.47. The third kappa shape index (κ3) is 4.10. The van der Waals surface area contributed by atoms with Crippen LogP contribution in [0.5, 0.6) is 0 Å². The number of rotatable bonds is 4. The van der Waals surface area contributed by atoms with E-state index < -0.39 is 17.6 Å². The molecule has 1 unspecified atom stereocenters. The van der Waals surface area contributed by atoms with Crippen molar-refractivity contribution in [3.63, 3.8) is 0 Å². The molecule has 1 atom stereocenters. The molecule has 1 aromatic heterocycles. The Kier molecular flexibility index (Phi) is 4.84. The summed E-state index contributed by atoms with van der Waals surface area (Å²) in [4.78, 5) is 27.7. The number of Topliss-reactive ketones (excluding diaryl/α,β-unsaturated/α-hetero) is 1. The average Bonchev–Trinajstić information content (AvgIpc) is 2.78. The standard InChI is InChI=1S/C12H18N2O3S/c1-12(2,3)10(15)9(14-11(16)17-4)5-8-6-18-7-13-8/h6-7,9H,5H2,1-4H3,(H,14,16). The third-order valence-corrected chi connectivity index (χ3v) is 3.07. The van der Waals surface area contributed by atoms with Crippen LogP contribution in [0.1, 0.15) is 26.5 Å². The fourth-order valence-electron chi connectivity index (χ4n) is 1.48. The van der Waals surface area contributed by atoms with E-state index in [1.807, 2.05) is 26.2 Å². The maximum atomic E-state index is 12.2. The molecule has 0 fully saturated rings. The average molecular weight is 270 g/mol. The normalized spacial score (nSPS) is 12.9. The molecule has 1 amide bonds. The van der Waals surface area contributed by atoms with E-state index in [1.165, 1.54) is 18.4 Å². The Bertz CT molecular complexity index is 409. The Morgan fingerprint density at radius 1 is 1.50 bits per heavy atom. The maximum Gasteiger partial charge on any atom is 0.407 e. The van der Waals surface area contributed by atoms with E-state index in [1.54, 1.807) is 5.51 Å². The Balaban J connectivity index is 2.81. The van der Waals surface area contributed by atoms with Gasteiger partial charge in [-0.1, -0.05) is 20.8 Å². The zero-order chi connectivity index (χ0) is 13.8. The number of nitrogens with zero attached hydrogens (tertiary/aromatic N) is 1. The lowest BCUT2D eigenvalue weighted by Gasteiger charge is -2.24. The van der Waals surface area contributed by atoms with Crippen molar-refractivity contribution in [1.29, 1.82) is 0 Å². The molecule has 0 aromatic carbocycles. The second kappa shape index (κ2) is 5.95. The molecule has 1 rings (SSSR count). The van der Waals surface area contributed by atoms with Gasteiger partial charge in [-0.3, -0.25) is 4.79 Å². The topological polar surface area (TPSA) is 68.3 Å². The molecule has 1 N–H and O–H groups in total. The summed E-state index contributed by atoms with van der Waals surface area (Å²) >= 11 is 1.46. The number of hydrogen-bond donors (Lipinski definition) is 1. The predicted molar refractivity (Wildman–Crippen MR) is 69.6 cm³/mol. The highest BCUT2D eigenvalue weighted by Crippen LogP contribution is 2.19. The summed E-state index contributed by atoms with van der Waals surface area (Å²) in [5, 5.41) is 4.43. The number of methoxy groups -OCH3 is 1. The molecular weight excluding hydrogens is 252 g/mol. The zero-order valence-electron chi connectivity index (χ0n) is 11.0. The van der Waals surface area contributed by atoms with Gasteiger partial charge in [0.1, 0.15) is 0 Å². The highest BCUT2D eigenvalue weighted by atomic mass is 32.1. The molecule has 100 valence electrons. The largest absolute Gasteiger partial charge is 0.453 e. The number of thiazole rings is 1. The van der Waals surface area contributed by atoms with Gasteiger partial charge >= 0.3 is 6.09 Å². The van der Waals surface area contributed by atoms with Crippen LogP contribution in [-0.4, -0.2) is 30.0 Å². The molecule has 0 spiro atoms. The molecule has 0 aliphatic heterocycles. The molecule has 0 aliphatic carbocycles. The highest BCUT2D eigenvalue weighted by molar-refractivity contribution is 7.07. The second-order valence-corrected chi connectivity index (χ2v) is 5.71. The first-order chi connectivity index (χ1) is 8.34. The second-order valence-electron chi connectivity index (χ2n) is 4.99. The molecule has 0 saturated carbocycles. The van der Waals surface area contributed by atoms with Gasteiger partial charge in [0.05, 0.1) is 24.4 Å². The van der Waals surface area contributed by atoms with Crippen LogP contribution < -0.4 is 5.32 Å². The number of amides is 1. The lowest BCUT2D eigenvalue weighted by molar-refractivity contribution is -0.128. The molecule has 6 heteroatoms. The SMILES string of the molecule is COC(=O)NC(Cc1cscn1)C(=O)C(C)(C)C. The number of carbonyl (C=O) groups excluding carboxylic acids is 2. The first-order valence-electron chi connectivity index (χ1n) is 5.60. The van der Waals surface area contributed by atoms with E-state index in [9.17, 15) is 9.59 Å². The lowest BCUT2D eigenvalue weighted by atomic mass is 9.85. The minimum atomic E-state index is -0.612. The Morgan fingerprint density at radius 3 is 2.61 bits per heavy atom. The van der Waals surface area contributed by atoms with E-state index in [4.69, 9.17) is 0 Å². The predicted octanol–water partition coefficient (Wildman–Crippen LogP) is 2.03. The smallest absolute Gasteiger partial charge is 0.407 e. The van der Waals surface area contributed by atoms with Gasteiger partial charge in [0.2, 0.25) is 0 Å². The number of carbonyl (C=O) groups is 2. The van der Waals surface area contributed by atoms with Crippen molar-refractivity contribution < 1.29 is 14.3 Å². The summed E-state index contributed by atoms with van der Waals surface area (Å²) in [6, 6.07) is -0.612. The first kappa shape index (κ1) is 14.6. The summed E-state index contributed by atoms with van der Waals surface area (Å²) in [5.74, 6) is -0.0408. The molecule has 1 aromatic rings. The molecule has 5 nitrogen and oxygen atoms in total. The van der Waals surface area contributed by atoms with Crippen molar-refractivity contribution in [3.8, 4) is 0 Å². The fraction of sp³-hybridized carbons (Fsp3) is 0.583. The molecule has 0 saturated heterocycles. The van der Waals surface area contributed by atoms with Gasteiger partial charge in [-0.05, 0) is 0 Å². The van der Waals surface area contributed by atoms with Gasteiger partial charge in [-0.25, -0.2) is 9.78 Å². The van der Waals surface area contributed by atoms with Crippen molar-refractivity contribution in [2.75, 3.05) is 7.11 Å². The van der Waals surface area contributed by atoms with Crippen molar-refractivity contribution in [2.45, 2.75) is 33.2 Å². The summed E-state index contributed by atoms with van der Waals surface area (Å²) in [7, 11) is 1.27. The Labute approximate surface area is 111 Å². The molecular formula is C12H18N2O3S. The van der Waals surface area contributed by atoms with Crippen LogP contribution in [0.2, 0.25) is 0 Å². The number of alkyl carbamates (subject to hydrolysis) is 1. The van der Waals surface area contributed by atoms with E-state index in [0.717, 1.165) is 5.69 Å². The van der Waals surface area contributed by atoms with Crippen molar-refractivity contribution in [3.05, 3.63) is 16.6 Å². The van der Waals surface area contributed by atoms with Crippen LogP contribution in [0.15, 0.2) is 10.9 Å². The fourth-order valence-corrected chi connectivity index (χ4v) is 2.05. The maximum absolute atomic E-state index is 12.2. The van der Waals surface area contributed by atoms with Crippen LogP contribution in [0.25, 0.3) is 0 Å². The van der Waals surface area contributed by atoms with Crippen LogP contribution in [0.3, 0.4) is 0 Å². The van der Waals surface area contributed by atoms with Crippen LogP contribution in [0.4, 0.5) is 4.79 Å². The number of nitrogens with one attached hydrogen (secondary N) is 1. The molecule has 0 radical (unpaired) electrons. The van der Waals surface area contributed by atoms with Crippen LogP contribution >= 0.6 is 11.3 Å². The quantitative estimate of drug-likeness (QED) is 0.909. The molecule has 0 bridgehead atoms. The summed E-state index contributed by atoms with van der Waals surface area (Å²) in [5.41, 5.74) is 1.97. The monoisotopic (exact) mass is 270 g/mol. The molecule has 0 aliphatic rings. The molecule has 1 heterocycles. The number of aromatic nitrogens is 1. The Hall–Kier alpha value is -1.43. The van der Waals surface area contributed by atoms with Crippen molar-refractivity contribution in [1.82, 2.24) is 10.3 Å². The summed E-state index contributed by atoms with van der Waals surface area (Å²) < 4.78 is 4.54. The number of ether oxygens (including phenoxy) is 1. The number of ketones is 1. The van der Waals surface area contributed by atoms with Gasteiger partial charge in [0, 0.05) is 17.2 Å². The zero-order valence-corrected chi connectivity index (χ0v) is 11.8. The van der Waals surface area contributed by atoms with E-state index >= 15 is 0 Å². The Morgan fingerprint density at radius 2 is 2.17 bits per heavy atom. The number of hydrogen-bond acceptors (Lipinski definition) is 5. The van der Waals surface area contributed by atoms with Crippen LogP contribution in [-0.2, 0) is 16.0 Å². The third-order valence-electron chi connectivity index (χ3n) is 2.43. The van der Waals surface area contributed by atoms with E-state index in [2.05, 4.69) is 15.0 Å². The van der Waals surface area contributed by atoms with Crippen molar-refractivity contribution in [2.24, 2.45) is 5.41 Å².